The standard InChI is InChI=1S/C12H7F11N4/c1-2-4-3-5(10(15,16)17)27(26-4)6-7(9(13,14)12(21,22)23)24-25-8(6)11(18,19)20/h3H,2H2,1H3,(H,24,25). The van der Waals surface area contributed by atoms with Crippen molar-refractivity contribution in [3.63, 3.8) is 0 Å². The second-order valence-corrected chi connectivity index (χ2v) is 5.15. The number of hydrogen-bond donors (Lipinski definition) is 1. The topological polar surface area (TPSA) is 46.5 Å². The van der Waals surface area contributed by atoms with E-state index in [0.29, 0.717) is 0 Å². The first-order valence-electron chi connectivity index (χ1n) is 6.78. The van der Waals surface area contributed by atoms with Crippen LogP contribution in [0, 0.1) is 0 Å². The van der Waals surface area contributed by atoms with Crippen LogP contribution in [-0.4, -0.2) is 26.2 Å². The lowest BCUT2D eigenvalue weighted by atomic mass is 10.1. The number of alkyl halides is 11. The number of aromatic amines is 1. The van der Waals surface area contributed by atoms with Gasteiger partial charge in [-0.25, -0.2) is 4.68 Å². The van der Waals surface area contributed by atoms with Gasteiger partial charge in [0.25, 0.3) is 0 Å². The Labute approximate surface area is 142 Å². The van der Waals surface area contributed by atoms with Crippen molar-refractivity contribution in [2.75, 3.05) is 0 Å². The van der Waals surface area contributed by atoms with Crippen LogP contribution in [0.4, 0.5) is 48.3 Å². The molecule has 4 nitrogen and oxygen atoms in total. The zero-order chi connectivity index (χ0) is 21.0. The molecule has 0 fully saturated rings. The SMILES string of the molecule is CCc1cc(C(F)(F)F)n(-c2c(C(F)(F)C(F)(F)F)n[nH]c2C(F)(F)F)n1. The number of aromatic nitrogens is 4. The van der Waals surface area contributed by atoms with Crippen molar-refractivity contribution < 1.29 is 48.3 Å². The molecule has 0 aromatic carbocycles. The van der Waals surface area contributed by atoms with Crippen molar-refractivity contribution in [3.05, 3.63) is 28.8 Å². The van der Waals surface area contributed by atoms with E-state index in [1.807, 2.05) is 0 Å². The molecule has 1 N–H and O–H groups in total. The molecule has 2 rings (SSSR count). The summed E-state index contributed by atoms with van der Waals surface area (Å²) >= 11 is 0. The molecule has 0 aliphatic heterocycles. The number of halogens is 11. The first-order chi connectivity index (χ1) is 12.0. The minimum Gasteiger partial charge on any atom is -0.271 e. The molecule has 0 spiro atoms. The molecular weight excluding hydrogens is 409 g/mol. The van der Waals surface area contributed by atoms with Gasteiger partial charge in [0.15, 0.2) is 11.4 Å². The largest absolute Gasteiger partial charge is 0.459 e. The number of nitrogens with one attached hydrogen (secondary N) is 1. The quantitative estimate of drug-likeness (QED) is 0.728. The number of rotatable bonds is 3. The first-order valence-corrected chi connectivity index (χ1v) is 6.78. The maximum absolute atomic E-state index is 13.6. The molecule has 0 bridgehead atoms. The highest BCUT2D eigenvalue weighted by atomic mass is 19.4. The molecule has 0 aliphatic carbocycles. The first kappa shape index (κ1) is 21.0. The van der Waals surface area contributed by atoms with Crippen LogP contribution < -0.4 is 0 Å². The van der Waals surface area contributed by atoms with Gasteiger partial charge in [-0.15, -0.1) is 0 Å². The van der Waals surface area contributed by atoms with Gasteiger partial charge < -0.3 is 0 Å². The lowest BCUT2D eigenvalue weighted by Gasteiger charge is -2.20. The zero-order valence-corrected chi connectivity index (χ0v) is 12.8. The Kier molecular flexibility index (Phi) is 4.72. The smallest absolute Gasteiger partial charge is 0.271 e. The summed E-state index contributed by atoms with van der Waals surface area (Å²) in [5.41, 5.74) is -9.56. The third-order valence-electron chi connectivity index (χ3n) is 3.30. The Hall–Kier alpha value is -2.35. The van der Waals surface area contributed by atoms with Crippen LogP contribution in [0.1, 0.15) is 29.7 Å². The Morgan fingerprint density at radius 1 is 0.926 bits per heavy atom. The summed E-state index contributed by atoms with van der Waals surface area (Å²) < 4.78 is 143. The summed E-state index contributed by atoms with van der Waals surface area (Å²) in [6.07, 6.45) is -17.7. The van der Waals surface area contributed by atoms with E-state index in [9.17, 15) is 48.3 Å². The minimum absolute atomic E-state index is 0.239. The number of hydrogen-bond acceptors (Lipinski definition) is 2. The number of aryl methyl sites for hydroxylation is 1. The summed E-state index contributed by atoms with van der Waals surface area (Å²) in [6.45, 7) is 1.25. The molecule has 15 heteroatoms. The average molecular weight is 416 g/mol. The van der Waals surface area contributed by atoms with Crippen LogP contribution in [0.2, 0.25) is 0 Å². The molecule has 27 heavy (non-hydrogen) atoms. The Morgan fingerprint density at radius 2 is 1.48 bits per heavy atom. The predicted octanol–water partition coefficient (Wildman–Crippen LogP) is 4.85. The van der Waals surface area contributed by atoms with Crippen molar-refractivity contribution in [2.45, 2.75) is 37.8 Å². The predicted molar refractivity (Wildman–Crippen MR) is 65.0 cm³/mol. The fourth-order valence-electron chi connectivity index (χ4n) is 2.07. The zero-order valence-electron chi connectivity index (χ0n) is 12.8. The maximum atomic E-state index is 13.6. The monoisotopic (exact) mass is 416 g/mol. The van der Waals surface area contributed by atoms with Crippen molar-refractivity contribution in [1.82, 2.24) is 20.0 Å². The second kappa shape index (κ2) is 6.09. The van der Waals surface area contributed by atoms with E-state index in [-0.39, 0.29) is 12.5 Å². The van der Waals surface area contributed by atoms with Gasteiger partial charge in [0, 0.05) is 0 Å². The molecule has 0 amide bonds. The molecule has 0 aliphatic rings. The van der Waals surface area contributed by atoms with Crippen molar-refractivity contribution in [1.29, 1.82) is 0 Å². The third kappa shape index (κ3) is 3.58. The highest BCUT2D eigenvalue weighted by molar-refractivity contribution is 5.47. The van der Waals surface area contributed by atoms with Gasteiger partial charge in [-0.05, 0) is 12.5 Å². The summed E-state index contributed by atoms with van der Waals surface area (Å²) in [6, 6.07) is 0.239. The molecule has 0 radical (unpaired) electrons. The molecule has 0 unspecified atom stereocenters. The van der Waals surface area contributed by atoms with Crippen molar-refractivity contribution in [2.24, 2.45) is 0 Å². The van der Waals surface area contributed by atoms with Crippen LogP contribution in [0.3, 0.4) is 0 Å². The molecule has 2 aromatic heterocycles. The van der Waals surface area contributed by atoms with E-state index in [1.54, 1.807) is 0 Å². The highest BCUT2D eigenvalue weighted by Gasteiger charge is 2.63. The van der Waals surface area contributed by atoms with Crippen LogP contribution in [0.5, 0.6) is 0 Å². The van der Waals surface area contributed by atoms with Crippen LogP contribution in [0.25, 0.3) is 5.69 Å². The molecule has 2 heterocycles. The average Bonchev–Trinajstić information content (AvgIpc) is 3.08. The van der Waals surface area contributed by atoms with E-state index in [0.717, 1.165) is 5.10 Å². The van der Waals surface area contributed by atoms with Crippen molar-refractivity contribution in [3.8, 4) is 5.69 Å². The van der Waals surface area contributed by atoms with Crippen LogP contribution in [-0.2, 0) is 24.7 Å². The van der Waals surface area contributed by atoms with Gasteiger partial charge in [0.1, 0.15) is 11.4 Å². The molecule has 0 saturated heterocycles. The lowest BCUT2D eigenvalue weighted by molar-refractivity contribution is -0.290. The number of H-pyrrole nitrogens is 1. The van der Waals surface area contributed by atoms with Gasteiger partial charge in [-0.3, -0.25) is 5.10 Å². The Balaban J connectivity index is 2.92. The summed E-state index contributed by atoms with van der Waals surface area (Å²) in [4.78, 5) is 0. The Morgan fingerprint density at radius 3 is 1.89 bits per heavy atom. The minimum atomic E-state index is -6.42. The number of nitrogens with zero attached hydrogens (tertiary/aromatic N) is 3. The summed E-state index contributed by atoms with van der Waals surface area (Å²) in [5, 5.41) is 6.33. The maximum Gasteiger partial charge on any atom is 0.459 e. The van der Waals surface area contributed by atoms with Gasteiger partial charge >= 0.3 is 24.5 Å². The molecule has 0 saturated carbocycles. The normalized spacial score (nSPS) is 14.1. The third-order valence-corrected chi connectivity index (χ3v) is 3.30. The van der Waals surface area contributed by atoms with E-state index >= 15 is 0 Å². The second-order valence-electron chi connectivity index (χ2n) is 5.15. The molecule has 0 atom stereocenters. The van der Waals surface area contributed by atoms with Crippen LogP contribution in [0.15, 0.2) is 6.07 Å². The molecule has 152 valence electrons. The van der Waals surface area contributed by atoms with E-state index in [1.165, 1.54) is 6.92 Å². The highest BCUT2D eigenvalue weighted by Crippen LogP contribution is 2.48. The van der Waals surface area contributed by atoms with Crippen LogP contribution >= 0.6 is 0 Å². The Bertz CT molecular complexity index is 822. The van der Waals surface area contributed by atoms with Gasteiger partial charge in [-0.2, -0.15) is 58.5 Å². The molecule has 2 aromatic rings. The van der Waals surface area contributed by atoms with Gasteiger partial charge in [-0.1, -0.05) is 6.92 Å². The van der Waals surface area contributed by atoms with E-state index < -0.39 is 57.6 Å². The molecular formula is C12H7F11N4. The fraction of sp³-hybridized carbons (Fsp3) is 0.500. The van der Waals surface area contributed by atoms with Crippen molar-refractivity contribution >= 4 is 0 Å². The van der Waals surface area contributed by atoms with E-state index in [2.05, 4.69) is 10.2 Å². The fourth-order valence-corrected chi connectivity index (χ4v) is 2.07. The van der Waals surface area contributed by atoms with E-state index in [4.69, 9.17) is 0 Å². The summed E-state index contributed by atoms with van der Waals surface area (Å²) in [7, 11) is 0. The van der Waals surface area contributed by atoms with Gasteiger partial charge in [0.2, 0.25) is 0 Å². The van der Waals surface area contributed by atoms with Gasteiger partial charge in [0.05, 0.1) is 5.69 Å². The summed E-state index contributed by atoms with van der Waals surface area (Å²) in [5.74, 6) is -5.98. The lowest BCUT2D eigenvalue weighted by Crippen LogP contribution is -2.35.